The molecule has 0 radical (unpaired) electrons. The van der Waals surface area contributed by atoms with Crippen LogP contribution in [0.25, 0.3) is 56.3 Å². The van der Waals surface area contributed by atoms with Gasteiger partial charge < -0.3 is 80.1 Å². The van der Waals surface area contributed by atoms with Gasteiger partial charge in [0.25, 0.3) is 17.7 Å². The number of furan rings is 1. The van der Waals surface area contributed by atoms with Crippen molar-refractivity contribution in [3.05, 3.63) is 311 Å². The van der Waals surface area contributed by atoms with Crippen LogP contribution in [0, 0.1) is 40.3 Å². The molecule has 1 aliphatic carbocycles. The second-order valence-electron chi connectivity index (χ2n) is 34.1. The number of carbonyl (C=O) groups is 6. The average molecular weight is 1950 g/mol. The number of morpholine rings is 3. The van der Waals surface area contributed by atoms with E-state index in [-0.39, 0.29) is 124 Å². The highest BCUT2D eigenvalue weighted by Gasteiger charge is 2.53. The Balaban J connectivity index is 0.000000134. The SMILES string of the molecule is CCOC(=O)OCOc1c2n(ccc1=O)N(C1c3ccccc3-n3cccc3-c3c1ccc(F)c3F)C1COCCN1C2=O.CCOC(=O)OCOc1c2n(ccc1=O)N([C@@H]1c3ccccc3-n3cccc3-c3c1ccc(F)c3F)[C@@H]1COCCN1C2=O.CCOP(=O)(N[C@@H](C(=O)OC)C(C)(C)C)Oc1c2n(ccc1=O)N(C1c3ccccc3-c3occc3-c3c1ccc(F)c3F)C1COCCN1C2=O. The first kappa shape index (κ1) is 93.8. The third kappa shape index (κ3) is 16.3. The quantitative estimate of drug-likeness (QED) is 0.0274. The molecule has 8 aliphatic heterocycles. The standard InChI is InChI=1S/C36H37F2N4O9P.2C31H26F2N4O7/c1-6-50-52(46,39-33(35(45)47-5)36(2,3)4)51-32-25(43)13-15-41-30(32)34(44)40-16-18-48-19-26(40)42(41)29-20-9-7-8-10-21(20)31-23(14-17-49-31)27-22(29)11-12-24(37)28(27)38;2*1-2-42-31(40)44-17-43-29-23(38)11-13-36-28(29)30(39)35-14-15-41-16-24(35)37(36)27-18-6-3-4-7-21(18)34-12-5-8-22(34)25-19(27)9-10-20(32)26(25)33/h7-15,17,26,29,33H,6,16,18-19H2,1-5H3,(H,39,46);2*3-13,24,27H,2,14-17H2,1H3/t26?,29?,33-,52?;24-,27-;/m01./s1. The second kappa shape index (κ2) is 38.0. The molecule has 8 atom stereocenters. The molecule has 6 aromatic heterocycles. The Labute approximate surface area is 792 Å². The van der Waals surface area contributed by atoms with Crippen LogP contribution in [0.15, 0.2) is 214 Å². The molecule has 140 heavy (non-hydrogen) atoms. The molecular formula is C98H89F6N12O23P. The van der Waals surface area contributed by atoms with Gasteiger partial charge in [0.15, 0.2) is 52.0 Å². The Kier molecular flexibility index (Phi) is 25.5. The Morgan fingerprint density at radius 1 is 0.450 bits per heavy atom. The molecule has 0 spiro atoms. The molecule has 6 aromatic carbocycles. The zero-order valence-corrected chi connectivity index (χ0v) is 76.8. The summed E-state index contributed by atoms with van der Waals surface area (Å²) >= 11 is 0. The zero-order valence-electron chi connectivity index (χ0n) is 75.9. The smallest absolute Gasteiger partial charge is 0.468 e. The average Bonchev–Trinajstić information content (AvgIpc) is 1.09. The number of amides is 3. The van der Waals surface area contributed by atoms with Crippen LogP contribution in [0.1, 0.15) is 125 Å². The van der Waals surface area contributed by atoms with Crippen LogP contribution in [-0.2, 0) is 51.8 Å². The largest absolute Gasteiger partial charge is 0.511 e. The van der Waals surface area contributed by atoms with Crippen LogP contribution in [0.2, 0.25) is 0 Å². The van der Waals surface area contributed by atoms with Gasteiger partial charge in [-0.25, -0.2) is 40.5 Å². The van der Waals surface area contributed by atoms with Gasteiger partial charge in [-0.2, -0.15) is 5.09 Å². The van der Waals surface area contributed by atoms with Crippen LogP contribution < -0.4 is 50.4 Å². The van der Waals surface area contributed by atoms with Gasteiger partial charge in [-0.05, 0) is 109 Å². The molecule has 14 heterocycles. The number of carbonyl (C=O) groups excluding carboxylic acids is 6. The Morgan fingerprint density at radius 2 is 0.850 bits per heavy atom. The molecule has 5 unspecified atom stereocenters. The summed E-state index contributed by atoms with van der Waals surface area (Å²) in [5.74, 6) is -9.53. The molecule has 3 saturated heterocycles. The molecule has 1 N–H and O–H groups in total. The van der Waals surface area contributed by atoms with Crippen molar-refractivity contribution in [2.24, 2.45) is 5.41 Å². The highest BCUT2D eigenvalue weighted by Crippen LogP contribution is 2.54. The van der Waals surface area contributed by atoms with Crippen molar-refractivity contribution < 1.29 is 121 Å². The molecule has 0 bridgehead atoms. The van der Waals surface area contributed by atoms with E-state index >= 15 is 17.6 Å². The third-order valence-electron chi connectivity index (χ3n) is 25.3. The topological polar surface area (TPSA) is 351 Å². The number of esters is 1. The summed E-state index contributed by atoms with van der Waals surface area (Å²) in [6.07, 6.45) is 4.98. The van der Waals surface area contributed by atoms with Crippen molar-refractivity contribution in [1.82, 2.24) is 42.9 Å². The van der Waals surface area contributed by atoms with E-state index in [2.05, 4.69) is 5.09 Å². The number of benzene rings is 6. The van der Waals surface area contributed by atoms with Crippen molar-refractivity contribution in [2.75, 3.05) is 115 Å². The van der Waals surface area contributed by atoms with Gasteiger partial charge >= 0.3 is 26.0 Å². The molecule has 42 heteroatoms. The van der Waals surface area contributed by atoms with E-state index in [4.69, 9.17) is 60.8 Å². The monoisotopic (exact) mass is 1950 g/mol. The molecule has 35 nitrogen and oxygen atoms in total. The summed E-state index contributed by atoms with van der Waals surface area (Å²) in [7, 11) is -3.41. The lowest BCUT2D eigenvalue weighted by atomic mass is 9.87. The minimum Gasteiger partial charge on any atom is -0.468 e. The van der Waals surface area contributed by atoms with E-state index in [0.29, 0.717) is 50.5 Å². The lowest BCUT2D eigenvalue weighted by Gasteiger charge is -2.51. The number of hydrogen-bond donors (Lipinski definition) is 1. The predicted octanol–water partition coefficient (Wildman–Crippen LogP) is 13.5. The fourth-order valence-corrected chi connectivity index (χ4v) is 21.2. The number of nitrogens with one attached hydrogen (secondary N) is 1. The van der Waals surface area contributed by atoms with Gasteiger partial charge in [-0.15, -0.1) is 0 Å². The van der Waals surface area contributed by atoms with Crippen molar-refractivity contribution in [3.8, 4) is 73.6 Å². The van der Waals surface area contributed by atoms with Gasteiger partial charge in [0.1, 0.15) is 42.4 Å². The first-order valence-electron chi connectivity index (χ1n) is 44.7. The molecule has 0 saturated carbocycles. The predicted molar refractivity (Wildman–Crippen MR) is 486 cm³/mol. The van der Waals surface area contributed by atoms with E-state index in [9.17, 15) is 56.5 Å². The summed E-state index contributed by atoms with van der Waals surface area (Å²) in [5.41, 5.74) is 3.22. The fourth-order valence-electron chi connectivity index (χ4n) is 19.4. The van der Waals surface area contributed by atoms with E-state index in [1.807, 2.05) is 64.6 Å². The number of methoxy groups -OCH3 is 1. The number of para-hydroxylation sites is 2. The Hall–Kier alpha value is -15.2. The van der Waals surface area contributed by atoms with Crippen molar-refractivity contribution in [1.29, 1.82) is 0 Å². The Bertz CT molecular complexity index is 6950. The number of fused-ring (bicyclic) bond motifs is 21. The lowest BCUT2D eigenvalue weighted by Crippen LogP contribution is -2.66. The van der Waals surface area contributed by atoms with Gasteiger partial charge in [0, 0.05) is 108 Å². The molecule has 12 aromatic rings. The van der Waals surface area contributed by atoms with E-state index in [1.165, 1.54) is 81.2 Å². The number of aromatic nitrogens is 5. The summed E-state index contributed by atoms with van der Waals surface area (Å²) < 4.78 is 185. The van der Waals surface area contributed by atoms with Gasteiger partial charge in [-0.1, -0.05) is 99.6 Å². The van der Waals surface area contributed by atoms with Gasteiger partial charge in [-0.3, -0.25) is 67.1 Å². The maximum Gasteiger partial charge on any atom is 0.511 e. The Morgan fingerprint density at radius 3 is 1.28 bits per heavy atom. The van der Waals surface area contributed by atoms with E-state index < -0.39 is 162 Å². The lowest BCUT2D eigenvalue weighted by molar-refractivity contribution is -0.145. The van der Waals surface area contributed by atoms with Crippen LogP contribution in [0.4, 0.5) is 35.9 Å². The minimum absolute atomic E-state index is 0.0140. The van der Waals surface area contributed by atoms with Crippen LogP contribution in [0.5, 0.6) is 17.2 Å². The second-order valence-corrected chi connectivity index (χ2v) is 35.8. The highest BCUT2D eigenvalue weighted by atomic mass is 31.2. The number of ether oxygens (including phenoxy) is 10. The molecule has 21 rings (SSSR count). The summed E-state index contributed by atoms with van der Waals surface area (Å²) in [5, 5.41) is 8.01. The first-order chi connectivity index (χ1) is 67.6. The van der Waals surface area contributed by atoms with Gasteiger partial charge in [0.2, 0.25) is 47.1 Å². The van der Waals surface area contributed by atoms with Gasteiger partial charge in [0.05, 0.1) is 102 Å². The maximum absolute atomic E-state index is 16.0. The number of halogens is 6. The molecule has 726 valence electrons. The fraction of sp³-hybridized carbons (Fsp3) is 0.296. The van der Waals surface area contributed by atoms with Crippen LogP contribution in [-0.4, -0.2) is 198 Å². The number of hydrogen-bond acceptors (Lipinski definition) is 26. The summed E-state index contributed by atoms with van der Waals surface area (Å²) in [6.45, 7) is 9.89. The number of pyridine rings is 3. The maximum atomic E-state index is 16.0. The number of rotatable bonds is 18. The van der Waals surface area contributed by atoms with E-state index in [0.717, 1.165) is 46.8 Å². The van der Waals surface area contributed by atoms with E-state index in [1.54, 1.807) is 126 Å². The normalized spacial score (nSPS) is 18.8. The van der Waals surface area contributed by atoms with Crippen LogP contribution >= 0.6 is 7.75 Å². The highest BCUT2D eigenvalue weighted by molar-refractivity contribution is 7.52. The molecule has 3 amide bonds. The zero-order chi connectivity index (χ0) is 98.2. The number of nitrogens with zero attached hydrogens (tertiary/aromatic N) is 11. The van der Waals surface area contributed by atoms with Crippen molar-refractivity contribution in [2.45, 2.75) is 84.2 Å². The van der Waals surface area contributed by atoms with Crippen molar-refractivity contribution in [3.63, 3.8) is 0 Å². The molecule has 9 aliphatic rings. The summed E-state index contributed by atoms with van der Waals surface area (Å²) in [6, 6.07) is 38.2. The van der Waals surface area contributed by atoms with Crippen molar-refractivity contribution >= 4 is 43.7 Å². The first-order valence-corrected chi connectivity index (χ1v) is 46.2. The molecule has 3 fully saturated rings. The van der Waals surface area contributed by atoms with Crippen LogP contribution in [0.3, 0.4) is 0 Å². The molecular weight excluding hydrogens is 1860 g/mol. The third-order valence-corrected chi connectivity index (χ3v) is 26.9. The summed E-state index contributed by atoms with van der Waals surface area (Å²) in [4.78, 5) is 123. The minimum atomic E-state index is -4.59.